The molecule has 0 spiro atoms. The molecule has 27 heavy (non-hydrogen) atoms. The summed E-state index contributed by atoms with van der Waals surface area (Å²) in [6.07, 6.45) is 2.30. The number of carbonyl (C=O) groups is 2. The van der Waals surface area contributed by atoms with Crippen LogP contribution in [0.5, 0.6) is 0 Å². The van der Waals surface area contributed by atoms with Gasteiger partial charge in [0.2, 0.25) is 0 Å². The monoisotopic (exact) mass is 388 g/mol. The van der Waals surface area contributed by atoms with Crippen molar-refractivity contribution in [3.8, 4) is 0 Å². The quantitative estimate of drug-likeness (QED) is 0.337. The van der Waals surface area contributed by atoms with E-state index in [-0.39, 0.29) is 17.3 Å². The maximum Gasteiger partial charge on any atom is 0.331 e. The van der Waals surface area contributed by atoms with Crippen molar-refractivity contribution >= 4 is 35.2 Å². The molecule has 0 aliphatic rings. The first kappa shape index (κ1) is 20.1. The summed E-state index contributed by atoms with van der Waals surface area (Å²) in [5.74, 6) is -1.27. The molecule has 1 N–H and O–H groups in total. The number of nitro groups is 1. The summed E-state index contributed by atoms with van der Waals surface area (Å²) in [7, 11) is 0. The van der Waals surface area contributed by atoms with Crippen LogP contribution in [0.1, 0.15) is 24.1 Å². The lowest BCUT2D eigenvalue weighted by Crippen LogP contribution is -2.31. The number of benzene rings is 2. The van der Waals surface area contributed by atoms with Gasteiger partial charge >= 0.3 is 5.97 Å². The molecular weight excluding hydrogens is 372 g/mol. The minimum absolute atomic E-state index is 0.132. The normalized spacial score (nSPS) is 11.8. The summed E-state index contributed by atoms with van der Waals surface area (Å²) in [5, 5.41) is 14.1. The van der Waals surface area contributed by atoms with Crippen molar-refractivity contribution in [1.29, 1.82) is 0 Å². The van der Waals surface area contributed by atoms with Gasteiger partial charge in [0, 0.05) is 17.2 Å². The lowest BCUT2D eigenvalue weighted by atomic mass is 10.1. The molecule has 0 fully saturated rings. The third kappa shape index (κ3) is 5.93. The van der Waals surface area contributed by atoms with Gasteiger partial charge in [0.05, 0.1) is 16.5 Å². The Morgan fingerprint density at radius 3 is 2.59 bits per heavy atom. The molecule has 0 unspecified atom stereocenters. The Morgan fingerprint density at radius 1 is 1.22 bits per heavy atom. The van der Waals surface area contributed by atoms with Crippen LogP contribution in [0.3, 0.4) is 0 Å². The Bertz CT molecular complexity index is 882. The fraction of sp³-hybridized carbons (Fsp3) is 0.158. The van der Waals surface area contributed by atoms with E-state index >= 15 is 0 Å². The van der Waals surface area contributed by atoms with Crippen molar-refractivity contribution in [3.05, 3.63) is 80.9 Å². The molecule has 1 amide bonds. The summed E-state index contributed by atoms with van der Waals surface area (Å²) in [5.41, 5.74) is 0.874. The number of halogens is 1. The molecule has 2 rings (SSSR count). The van der Waals surface area contributed by atoms with Crippen molar-refractivity contribution in [3.63, 3.8) is 0 Å². The highest BCUT2D eigenvalue weighted by atomic mass is 35.5. The number of nitrogens with one attached hydrogen (secondary N) is 1. The minimum atomic E-state index is -0.784. The Morgan fingerprint density at radius 2 is 1.89 bits per heavy atom. The molecule has 0 saturated heterocycles. The third-order valence-electron chi connectivity index (χ3n) is 3.63. The second kappa shape index (κ2) is 9.49. The third-order valence-corrected chi connectivity index (χ3v) is 3.97. The Kier molecular flexibility index (Phi) is 7.08. The number of rotatable bonds is 7. The highest BCUT2D eigenvalue weighted by Crippen LogP contribution is 2.22. The second-order valence-electron chi connectivity index (χ2n) is 5.57. The predicted octanol–water partition coefficient (Wildman–Crippen LogP) is 3.68. The Labute approximate surface area is 160 Å². The van der Waals surface area contributed by atoms with Gasteiger partial charge in [-0.2, -0.15) is 0 Å². The number of esters is 1. The standard InChI is InChI=1S/C19H17ClN2O5/c1-13(15-7-3-4-8-16(15)20)21-18(23)12-27-19(24)11-10-14-6-2-5-9-17(14)22(25)26/h2-11,13H,12H2,1H3,(H,21,23)/b11-10+/t13-/m0/s1. The molecule has 2 aromatic carbocycles. The van der Waals surface area contributed by atoms with Crippen LogP contribution in [0.15, 0.2) is 54.6 Å². The van der Waals surface area contributed by atoms with Gasteiger partial charge in [-0.3, -0.25) is 14.9 Å². The molecule has 0 aromatic heterocycles. The maximum atomic E-state index is 11.9. The van der Waals surface area contributed by atoms with E-state index in [9.17, 15) is 19.7 Å². The van der Waals surface area contributed by atoms with Crippen LogP contribution in [-0.4, -0.2) is 23.4 Å². The molecule has 0 saturated carbocycles. The second-order valence-corrected chi connectivity index (χ2v) is 5.97. The van der Waals surface area contributed by atoms with Gasteiger partial charge in [0.25, 0.3) is 11.6 Å². The summed E-state index contributed by atoms with van der Waals surface area (Å²) < 4.78 is 4.85. The van der Waals surface area contributed by atoms with E-state index in [1.165, 1.54) is 24.3 Å². The van der Waals surface area contributed by atoms with Crippen LogP contribution in [-0.2, 0) is 14.3 Å². The van der Waals surface area contributed by atoms with Gasteiger partial charge in [-0.25, -0.2) is 4.79 Å². The van der Waals surface area contributed by atoms with Crippen LogP contribution in [0.25, 0.3) is 6.08 Å². The molecule has 0 radical (unpaired) electrons. The maximum absolute atomic E-state index is 11.9. The van der Waals surface area contributed by atoms with E-state index in [0.29, 0.717) is 5.02 Å². The Hall–Kier alpha value is -3.19. The van der Waals surface area contributed by atoms with E-state index < -0.39 is 23.4 Å². The summed E-state index contributed by atoms with van der Waals surface area (Å²) >= 11 is 6.07. The molecule has 2 aromatic rings. The highest BCUT2D eigenvalue weighted by Gasteiger charge is 2.14. The molecule has 0 aliphatic carbocycles. The van der Waals surface area contributed by atoms with Crippen molar-refractivity contribution in [2.45, 2.75) is 13.0 Å². The zero-order chi connectivity index (χ0) is 19.8. The van der Waals surface area contributed by atoms with Gasteiger partial charge in [-0.1, -0.05) is 41.9 Å². The number of amides is 1. The fourth-order valence-corrected chi connectivity index (χ4v) is 2.62. The van der Waals surface area contributed by atoms with E-state index in [0.717, 1.165) is 11.6 Å². The van der Waals surface area contributed by atoms with Crippen LogP contribution >= 0.6 is 11.6 Å². The number of nitrogens with zero attached hydrogens (tertiary/aromatic N) is 1. The fourth-order valence-electron chi connectivity index (χ4n) is 2.32. The molecule has 140 valence electrons. The zero-order valence-electron chi connectivity index (χ0n) is 14.4. The summed E-state index contributed by atoms with van der Waals surface area (Å²) in [6, 6.07) is 12.7. The smallest absolute Gasteiger partial charge is 0.331 e. The molecule has 1 atom stereocenters. The number of carbonyl (C=O) groups excluding carboxylic acids is 2. The summed E-state index contributed by atoms with van der Waals surface area (Å²) in [6.45, 7) is 1.28. The van der Waals surface area contributed by atoms with E-state index in [1.807, 2.05) is 0 Å². The molecule has 7 nitrogen and oxygen atoms in total. The number of hydrogen-bond donors (Lipinski definition) is 1. The van der Waals surface area contributed by atoms with Gasteiger partial charge < -0.3 is 10.1 Å². The first-order chi connectivity index (χ1) is 12.9. The SMILES string of the molecule is C[C@H](NC(=O)COC(=O)/C=C/c1ccccc1[N+](=O)[O-])c1ccccc1Cl. The highest BCUT2D eigenvalue weighted by molar-refractivity contribution is 6.31. The van der Waals surface area contributed by atoms with Crippen molar-refractivity contribution < 1.29 is 19.2 Å². The molecule has 0 aliphatic heterocycles. The number of para-hydroxylation sites is 1. The molecule has 0 bridgehead atoms. The van der Waals surface area contributed by atoms with Crippen LogP contribution in [0, 0.1) is 10.1 Å². The lowest BCUT2D eigenvalue weighted by molar-refractivity contribution is -0.385. The van der Waals surface area contributed by atoms with Crippen molar-refractivity contribution in [2.24, 2.45) is 0 Å². The predicted molar refractivity (Wildman–Crippen MR) is 101 cm³/mol. The van der Waals surface area contributed by atoms with E-state index in [1.54, 1.807) is 37.3 Å². The summed E-state index contributed by atoms with van der Waals surface area (Å²) in [4.78, 5) is 34.0. The number of nitro benzene ring substituents is 1. The zero-order valence-corrected chi connectivity index (χ0v) is 15.2. The van der Waals surface area contributed by atoms with Gasteiger partial charge in [0.15, 0.2) is 6.61 Å². The van der Waals surface area contributed by atoms with E-state index in [2.05, 4.69) is 5.32 Å². The lowest BCUT2D eigenvalue weighted by Gasteiger charge is -2.15. The van der Waals surface area contributed by atoms with Crippen molar-refractivity contribution in [1.82, 2.24) is 5.32 Å². The minimum Gasteiger partial charge on any atom is -0.452 e. The molecule has 0 heterocycles. The largest absolute Gasteiger partial charge is 0.452 e. The Balaban J connectivity index is 1.87. The van der Waals surface area contributed by atoms with Crippen molar-refractivity contribution in [2.75, 3.05) is 6.61 Å². The number of hydrogen-bond acceptors (Lipinski definition) is 5. The van der Waals surface area contributed by atoms with Gasteiger partial charge in [0.1, 0.15) is 0 Å². The average Bonchev–Trinajstić information content (AvgIpc) is 2.65. The van der Waals surface area contributed by atoms with E-state index in [4.69, 9.17) is 16.3 Å². The van der Waals surface area contributed by atoms with Gasteiger partial charge in [-0.15, -0.1) is 0 Å². The number of ether oxygens (including phenoxy) is 1. The topological polar surface area (TPSA) is 98.5 Å². The average molecular weight is 389 g/mol. The molecule has 8 heteroatoms. The first-order valence-corrected chi connectivity index (χ1v) is 8.38. The first-order valence-electron chi connectivity index (χ1n) is 8.00. The van der Waals surface area contributed by atoms with Crippen LogP contribution < -0.4 is 5.32 Å². The molecular formula is C19H17ClN2O5. The van der Waals surface area contributed by atoms with Gasteiger partial charge in [-0.05, 0) is 30.7 Å². The van der Waals surface area contributed by atoms with Crippen LogP contribution in [0.4, 0.5) is 5.69 Å². The van der Waals surface area contributed by atoms with Crippen LogP contribution in [0.2, 0.25) is 5.02 Å².